The van der Waals surface area contributed by atoms with Crippen LogP contribution in [0.5, 0.6) is 5.75 Å². The Hall–Kier alpha value is -1.56. The fourth-order valence-corrected chi connectivity index (χ4v) is 0.969. The largest absolute Gasteiger partial charge is 0.497 e. The SMILES string of the molecule is C#CCc1c(F)cc(OC)cc1F. The van der Waals surface area contributed by atoms with Gasteiger partial charge >= 0.3 is 0 Å². The molecule has 68 valence electrons. The predicted octanol–water partition coefficient (Wildman–Crippen LogP) is 2.15. The Morgan fingerprint density at radius 2 is 1.92 bits per heavy atom. The number of methoxy groups -OCH3 is 1. The normalized spacial score (nSPS) is 9.38. The van der Waals surface area contributed by atoms with Crippen molar-refractivity contribution in [3.63, 3.8) is 0 Å². The quantitative estimate of drug-likeness (QED) is 0.637. The van der Waals surface area contributed by atoms with Crippen molar-refractivity contribution in [2.45, 2.75) is 6.42 Å². The van der Waals surface area contributed by atoms with Gasteiger partial charge in [0.2, 0.25) is 0 Å². The molecule has 0 unspecified atom stereocenters. The van der Waals surface area contributed by atoms with E-state index in [1.807, 2.05) is 0 Å². The van der Waals surface area contributed by atoms with Crippen LogP contribution >= 0.6 is 0 Å². The van der Waals surface area contributed by atoms with Gasteiger partial charge in [0, 0.05) is 24.1 Å². The van der Waals surface area contributed by atoms with Gasteiger partial charge in [-0.2, -0.15) is 0 Å². The lowest BCUT2D eigenvalue weighted by Gasteiger charge is -2.04. The fourth-order valence-electron chi connectivity index (χ4n) is 0.969. The lowest BCUT2D eigenvalue weighted by atomic mass is 10.1. The molecule has 0 aliphatic rings. The molecule has 1 nitrogen and oxygen atoms in total. The fraction of sp³-hybridized carbons (Fsp3) is 0.200. The summed E-state index contributed by atoms with van der Waals surface area (Å²) in [7, 11) is 1.34. The van der Waals surface area contributed by atoms with Crippen LogP contribution in [0.2, 0.25) is 0 Å². The third kappa shape index (κ3) is 1.97. The third-order valence-corrected chi connectivity index (χ3v) is 1.63. The number of terminal acetylenes is 1. The number of rotatable bonds is 2. The summed E-state index contributed by atoms with van der Waals surface area (Å²) in [5.41, 5.74) is -0.0942. The maximum absolute atomic E-state index is 13.1. The first kappa shape index (κ1) is 9.53. The van der Waals surface area contributed by atoms with Gasteiger partial charge in [0.05, 0.1) is 7.11 Å². The molecule has 0 fully saturated rings. The minimum absolute atomic E-state index is 0.0539. The van der Waals surface area contributed by atoms with Gasteiger partial charge in [-0.1, -0.05) is 0 Å². The van der Waals surface area contributed by atoms with Gasteiger partial charge in [0.15, 0.2) is 0 Å². The molecule has 1 aromatic carbocycles. The highest BCUT2D eigenvalue weighted by molar-refractivity contribution is 5.32. The Kier molecular flexibility index (Phi) is 2.86. The first-order valence-electron chi connectivity index (χ1n) is 3.64. The third-order valence-electron chi connectivity index (χ3n) is 1.63. The minimum atomic E-state index is -0.671. The van der Waals surface area contributed by atoms with E-state index < -0.39 is 11.6 Å². The van der Waals surface area contributed by atoms with Gasteiger partial charge in [-0.25, -0.2) is 8.78 Å². The van der Waals surface area contributed by atoms with Crippen LogP contribution in [-0.4, -0.2) is 7.11 Å². The molecule has 0 amide bonds. The van der Waals surface area contributed by atoms with E-state index in [1.54, 1.807) is 0 Å². The molecule has 1 aromatic rings. The van der Waals surface area contributed by atoms with Crippen LogP contribution in [0.25, 0.3) is 0 Å². The van der Waals surface area contributed by atoms with Gasteiger partial charge in [-0.3, -0.25) is 0 Å². The Bertz CT molecular complexity index is 329. The molecular formula is C10H8F2O. The highest BCUT2D eigenvalue weighted by Crippen LogP contribution is 2.20. The molecular weight excluding hydrogens is 174 g/mol. The molecule has 0 heterocycles. The van der Waals surface area contributed by atoms with E-state index in [4.69, 9.17) is 6.42 Å². The van der Waals surface area contributed by atoms with Crippen LogP contribution in [0.15, 0.2) is 12.1 Å². The molecule has 0 N–H and O–H groups in total. The van der Waals surface area contributed by atoms with E-state index in [9.17, 15) is 8.78 Å². The maximum Gasteiger partial charge on any atom is 0.133 e. The summed E-state index contributed by atoms with van der Waals surface area (Å²) < 4.78 is 30.8. The maximum atomic E-state index is 13.1. The highest BCUT2D eigenvalue weighted by atomic mass is 19.1. The van der Waals surface area contributed by atoms with Crippen LogP contribution < -0.4 is 4.74 Å². The standard InChI is InChI=1S/C10H8F2O/c1-3-4-8-9(11)5-7(13-2)6-10(8)12/h1,5-6H,4H2,2H3. The van der Waals surface area contributed by atoms with E-state index in [0.29, 0.717) is 0 Å². The van der Waals surface area contributed by atoms with Crippen molar-refractivity contribution in [2.75, 3.05) is 7.11 Å². The van der Waals surface area contributed by atoms with E-state index >= 15 is 0 Å². The minimum Gasteiger partial charge on any atom is -0.497 e. The second kappa shape index (κ2) is 3.90. The molecule has 0 spiro atoms. The molecule has 0 aromatic heterocycles. The zero-order valence-electron chi connectivity index (χ0n) is 7.10. The predicted molar refractivity (Wildman–Crippen MR) is 45.4 cm³/mol. The topological polar surface area (TPSA) is 9.23 Å². The van der Waals surface area contributed by atoms with Gasteiger partial charge < -0.3 is 4.74 Å². The van der Waals surface area contributed by atoms with E-state index in [2.05, 4.69) is 10.7 Å². The molecule has 1 rings (SSSR count). The molecule has 0 bridgehead atoms. The number of hydrogen-bond donors (Lipinski definition) is 0. The van der Waals surface area contributed by atoms with Gasteiger partial charge in [-0.05, 0) is 0 Å². The molecule has 0 atom stereocenters. The average molecular weight is 182 g/mol. The van der Waals surface area contributed by atoms with Gasteiger partial charge in [-0.15, -0.1) is 12.3 Å². The summed E-state index contributed by atoms with van der Waals surface area (Å²) in [4.78, 5) is 0. The van der Waals surface area contributed by atoms with E-state index in [0.717, 1.165) is 12.1 Å². The summed E-state index contributed by atoms with van der Waals surface area (Å²) in [6.45, 7) is 0. The highest BCUT2D eigenvalue weighted by Gasteiger charge is 2.09. The Labute approximate surface area is 75.3 Å². The van der Waals surface area contributed by atoms with Gasteiger partial charge in [0.25, 0.3) is 0 Å². The van der Waals surface area contributed by atoms with Crippen LogP contribution in [0.3, 0.4) is 0 Å². The lowest BCUT2D eigenvalue weighted by Crippen LogP contribution is -1.96. The molecule has 0 saturated heterocycles. The molecule has 0 aliphatic heterocycles. The molecule has 3 heteroatoms. The summed E-state index contributed by atoms with van der Waals surface area (Å²) in [6, 6.07) is 2.21. The van der Waals surface area contributed by atoms with E-state index in [-0.39, 0.29) is 17.7 Å². The first-order valence-corrected chi connectivity index (χ1v) is 3.64. The lowest BCUT2D eigenvalue weighted by molar-refractivity contribution is 0.405. The molecule has 0 radical (unpaired) electrons. The Morgan fingerprint density at radius 1 is 1.38 bits per heavy atom. The van der Waals surface area contributed by atoms with Crippen molar-refractivity contribution in [3.05, 3.63) is 29.3 Å². The zero-order chi connectivity index (χ0) is 9.84. The Morgan fingerprint density at radius 3 is 2.31 bits per heavy atom. The van der Waals surface area contributed by atoms with E-state index in [1.165, 1.54) is 7.11 Å². The summed E-state index contributed by atoms with van der Waals surface area (Å²) in [5.74, 6) is 0.988. The number of benzene rings is 1. The smallest absolute Gasteiger partial charge is 0.133 e. The van der Waals surface area contributed by atoms with Crippen molar-refractivity contribution >= 4 is 0 Å². The molecule has 0 saturated carbocycles. The zero-order valence-corrected chi connectivity index (χ0v) is 7.10. The molecule has 13 heavy (non-hydrogen) atoms. The molecule has 0 aliphatic carbocycles. The van der Waals surface area contributed by atoms with Crippen molar-refractivity contribution in [3.8, 4) is 18.1 Å². The van der Waals surface area contributed by atoms with Crippen LogP contribution in [0, 0.1) is 24.0 Å². The Balaban J connectivity index is 3.16. The number of halogens is 2. The van der Waals surface area contributed by atoms with Crippen LogP contribution in [-0.2, 0) is 6.42 Å². The van der Waals surface area contributed by atoms with Crippen molar-refractivity contribution in [1.29, 1.82) is 0 Å². The second-order valence-corrected chi connectivity index (χ2v) is 2.45. The first-order chi connectivity index (χ1) is 6.19. The van der Waals surface area contributed by atoms with Crippen molar-refractivity contribution in [2.24, 2.45) is 0 Å². The number of hydrogen-bond acceptors (Lipinski definition) is 1. The van der Waals surface area contributed by atoms with Crippen LogP contribution in [0.1, 0.15) is 5.56 Å². The van der Waals surface area contributed by atoms with Crippen LogP contribution in [0.4, 0.5) is 8.78 Å². The summed E-state index contributed by atoms with van der Waals surface area (Å²) >= 11 is 0. The average Bonchev–Trinajstić information content (AvgIpc) is 2.11. The number of ether oxygens (including phenoxy) is 1. The summed E-state index contributed by atoms with van der Waals surface area (Å²) in [6.07, 6.45) is 4.90. The van der Waals surface area contributed by atoms with Gasteiger partial charge in [0.1, 0.15) is 17.4 Å². The summed E-state index contributed by atoms with van der Waals surface area (Å²) in [5, 5.41) is 0. The monoisotopic (exact) mass is 182 g/mol. The second-order valence-electron chi connectivity index (χ2n) is 2.45. The van der Waals surface area contributed by atoms with Crippen molar-refractivity contribution < 1.29 is 13.5 Å². The van der Waals surface area contributed by atoms with Crippen molar-refractivity contribution in [1.82, 2.24) is 0 Å².